The lowest BCUT2D eigenvalue weighted by Crippen LogP contribution is -2.36. The summed E-state index contributed by atoms with van der Waals surface area (Å²) in [6, 6.07) is 5.60. The summed E-state index contributed by atoms with van der Waals surface area (Å²) in [7, 11) is 0. The molecule has 1 amide bonds. The Morgan fingerprint density at radius 2 is 2.12 bits per heavy atom. The summed E-state index contributed by atoms with van der Waals surface area (Å²) >= 11 is 6.13. The molecule has 1 aliphatic heterocycles. The third-order valence-corrected chi connectivity index (χ3v) is 3.49. The molecule has 0 atom stereocenters. The third kappa shape index (κ3) is 2.51. The SMILES string of the molecule is CC(C(=O)Nc1cccc(C)c1Cl)=C1CNC1. The molecule has 2 N–H and O–H groups in total. The molecule has 3 nitrogen and oxygen atoms in total. The fourth-order valence-electron chi connectivity index (χ4n) is 1.64. The van der Waals surface area contributed by atoms with Gasteiger partial charge in [0.05, 0.1) is 10.7 Å². The first-order valence-electron chi connectivity index (χ1n) is 5.55. The van der Waals surface area contributed by atoms with E-state index in [1.165, 1.54) is 0 Å². The van der Waals surface area contributed by atoms with E-state index in [1.54, 1.807) is 0 Å². The van der Waals surface area contributed by atoms with E-state index < -0.39 is 0 Å². The standard InChI is InChI=1S/C13H15ClN2O/c1-8-4-3-5-11(12(8)14)16-13(17)9(2)10-6-15-7-10/h3-5,15H,6-7H2,1-2H3,(H,16,17). The second-order valence-electron chi connectivity index (χ2n) is 4.22. The van der Waals surface area contributed by atoms with Gasteiger partial charge in [-0.15, -0.1) is 0 Å². The van der Waals surface area contributed by atoms with Gasteiger partial charge in [-0.3, -0.25) is 4.79 Å². The molecule has 1 saturated heterocycles. The number of hydrogen-bond donors (Lipinski definition) is 2. The van der Waals surface area contributed by atoms with Crippen molar-refractivity contribution in [1.82, 2.24) is 5.32 Å². The van der Waals surface area contributed by atoms with Gasteiger partial charge in [0, 0.05) is 18.7 Å². The van der Waals surface area contributed by atoms with E-state index >= 15 is 0 Å². The number of anilines is 1. The molecule has 1 aliphatic rings. The largest absolute Gasteiger partial charge is 0.321 e. The highest BCUT2D eigenvalue weighted by atomic mass is 35.5. The summed E-state index contributed by atoms with van der Waals surface area (Å²) < 4.78 is 0. The molecule has 2 rings (SSSR count). The summed E-state index contributed by atoms with van der Waals surface area (Å²) in [5.74, 6) is -0.0750. The Morgan fingerprint density at radius 1 is 1.41 bits per heavy atom. The van der Waals surface area contributed by atoms with E-state index in [0.717, 1.165) is 29.8 Å². The Balaban J connectivity index is 2.16. The maximum atomic E-state index is 12.0. The van der Waals surface area contributed by atoms with Crippen LogP contribution in [0.15, 0.2) is 29.3 Å². The highest BCUT2D eigenvalue weighted by molar-refractivity contribution is 6.34. The lowest BCUT2D eigenvalue weighted by Gasteiger charge is -2.21. The van der Waals surface area contributed by atoms with E-state index in [2.05, 4.69) is 10.6 Å². The first kappa shape index (κ1) is 12.1. The molecule has 1 fully saturated rings. The van der Waals surface area contributed by atoms with Crippen molar-refractivity contribution in [1.29, 1.82) is 0 Å². The quantitative estimate of drug-likeness (QED) is 0.792. The lowest BCUT2D eigenvalue weighted by molar-refractivity contribution is -0.112. The number of rotatable bonds is 2. The molecular formula is C13H15ClN2O. The van der Waals surface area contributed by atoms with Crippen LogP contribution >= 0.6 is 11.6 Å². The van der Waals surface area contributed by atoms with Crippen molar-refractivity contribution in [3.8, 4) is 0 Å². The van der Waals surface area contributed by atoms with Crippen molar-refractivity contribution in [2.24, 2.45) is 0 Å². The Hall–Kier alpha value is -1.32. The Kier molecular flexibility index (Phi) is 3.50. The van der Waals surface area contributed by atoms with Gasteiger partial charge in [0.25, 0.3) is 5.91 Å². The van der Waals surface area contributed by atoms with E-state index in [9.17, 15) is 4.79 Å². The number of halogens is 1. The maximum absolute atomic E-state index is 12.0. The number of carbonyl (C=O) groups excluding carboxylic acids is 1. The van der Waals surface area contributed by atoms with Gasteiger partial charge in [0.1, 0.15) is 0 Å². The summed E-state index contributed by atoms with van der Waals surface area (Å²) in [6.45, 7) is 5.37. The number of benzene rings is 1. The predicted molar refractivity (Wildman–Crippen MR) is 70.4 cm³/mol. The predicted octanol–water partition coefficient (Wildman–Crippen LogP) is 2.51. The first-order valence-corrected chi connectivity index (χ1v) is 5.93. The van der Waals surface area contributed by atoms with Crippen LogP contribution in [0.2, 0.25) is 5.02 Å². The minimum absolute atomic E-state index is 0.0750. The van der Waals surface area contributed by atoms with Crippen LogP contribution in [-0.2, 0) is 4.79 Å². The van der Waals surface area contributed by atoms with Crippen molar-refractivity contribution in [3.63, 3.8) is 0 Å². The van der Waals surface area contributed by atoms with Gasteiger partial charge in [-0.25, -0.2) is 0 Å². The number of amides is 1. The zero-order valence-electron chi connectivity index (χ0n) is 9.93. The number of hydrogen-bond acceptors (Lipinski definition) is 2. The molecule has 1 aromatic carbocycles. The van der Waals surface area contributed by atoms with E-state index in [0.29, 0.717) is 10.7 Å². The molecule has 0 bridgehead atoms. The molecule has 0 unspecified atom stereocenters. The molecule has 0 aromatic heterocycles. The van der Waals surface area contributed by atoms with E-state index in [4.69, 9.17) is 11.6 Å². The summed E-state index contributed by atoms with van der Waals surface area (Å²) in [5, 5.41) is 6.56. The third-order valence-electron chi connectivity index (χ3n) is 2.99. The number of carbonyl (C=O) groups is 1. The van der Waals surface area contributed by atoms with Crippen LogP contribution in [0.4, 0.5) is 5.69 Å². The minimum atomic E-state index is -0.0750. The van der Waals surface area contributed by atoms with Crippen molar-refractivity contribution in [2.75, 3.05) is 18.4 Å². The van der Waals surface area contributed by atoms with Crippen LogP contribution in [0.3, 0.4) is 0 Å². The minimum Gasteiger partial charge on any atom is -0.321 e. The van der Waals surface area contributed by atoms with Gasteiger partial charge in [0.2, 0.25) is 0 Å². The van der Waals surface area contributed by atoms with Gasteiger partial charge in [-0.1, -0.05) is 23.7 Å². The summed E-state index contributed by atoms with van der Waals surface area (Å²) in [4.78, 5) is 12.0. The average Bonchev–Trinajstić information content (AvgIpc) is 2.22. The Labute approximate surface area is 106 Å². The number of nitrogens with one attached hydrogen (secondary N) is 2. The smallest absolute Gasteiger partial charge is 0.251 e. The normalized spacial score (nSPS) is 14.2. The van der Waals surface area contributed by atoms with Crippen LogP contribution in [-0.4, -0.2) is 19.0 Å². The Bertz CT molecular complexity index is 488. The second kappa shape index (κ2) is 4.90. The van der Waals surface area contributed by atoms with Gasteiger partial charge < -0.3 is 10.6 Å². The average molecular weight is 251 g/mol. The topological polar surface area (TPSA) is 41.1 Å². The van der Waals surface area contributed by atoms with Crippen LogP contribution in [0, 0.1) is 6.92 Å². The van der Waals surface area contributed by atoms with Crippen LogP contribution in [0.1, 0.15) is 12.5 Å². The molecule has 0 aliphatic carbocycles. The molecule has 4 heteroatoms. The highest BCUT2D eigenvalue weighted by Gasteiger charge is 2.16. The van der Waals surface area contributed by atoms with Crippen molar-refractivity contribution in [2.45, 2.75) is 13.8 Å². The lowest BCUT2D eigenvalue weighted by atomic mass is 10.0. The fourth-order valence-corrected chi connectivity index (χ4v) is 1.81. The van der Waals surface area contributed by atoms with Gasteiger partial charge in [-0.05, 0) is 31.1 Å². The van der Waals surface area contributed by atoms with Crippen molar-refractivity contribution < 1.29 is 4.79 Å². The Morgan fingerprint density at radius 3 is 2.71 bits per heavy atom. The van der Waals surface area contributed by atoms with Crippen molar-refractivity contribution in [3.05, 3.63) is 39.9 Å². The maximum Gasteiger partial charge on any atom is 0.251 e. The van der Waals surface area contributed by atoms with E-state index in [-0.39, 0.29) is 5.91 Å². The van der Waals surface area contributed by atoms with Crippen LogP contribution in [0.5, 0.6) is 0 Å². The molecule has 0 radical (unpaired) electrons. The molecular weight excluding hydrogens is 236 g/mol. The molecule has 0 saturated carbocycles. The van der Waals surface area contributed by atoms with Gasteiger partial charge in [-0.2, -0.15) is 0 Å². The molecule has 90 valence electrons. The van der Waals surface area contributed by atoms with Crippen LogP contribution in [0.25, 0.3) is 0 Å². The zero-order chi connectivity index (χ0) is 12.4. The summed E-state index contributed by atoms with van der Waals surface area (Å²) in [5.41, 5.74) is 3.57. The highest BCUT2D eigenvalue weighted by Crippen LogP contribution is 2.25. The first-order chi connectivity index (χ1) is 8.09. The van der Waals surface area contributed by atoms with Gasteiger partial charge >= 0.3 is 0 Å². The second-order valence-corrected chi connectivity index (χ2v) is 4.60. The van der Waals surface area contributed by atoms with Crippen LogP contribution < -0.4 is 10.6 Å². The van der Waals surface area contributed by atoms with Gasteiger partial charge in [0.15, 0.2) is 0 Å². The molecule has 1 heterocycles. The summed E-state index contributed by atoms with van der Waals surface area (Å²) in [6.07, 6.45) is 0. The zero-order valence-corrected chi connectivity index (χ0v) is 10.7. The monoisotopic (exact) mass is 250 g/mol. The molecule has 17 heavy (non-hydrogen) atoms. The fraction of sp³-hybridized carbons (Fsp3) is 0.308. The molecule has 0 spiro atoms. The van der Waals surface area contributed by atoms with Crippen molar-refractivity contribution >= 4 is 23.2 Å². The van der Waals surface area contributed by atoms with E-state index in [1.807, 2.05) is 32.0 Å². The molecule has 1 aromatic rings. The number of aryl methyl sites for hydroxylation is 1.